The van der Waals surface area contributed by atoms with Crippen LogP contribution in [0.25, 0.3) is 10.8 Å². The van der Waals surface area contributed by atoms with Crippen molar-refractivity contribution in [2.75, 3.05) is 6.54 Å². The van der Waals surface area contributed by atoms with Crippen LogP contribution in [0.5, 0.6) is 5.75 Å². The molecule has 0 aliphatic heterocycles. The summed E-state index contributed by atoms with van der Waals surface area (Å²) in [4.78, 5) is 20.6. The number of carbonyl (C=O) groups is 1. The van der Waals surface area contributed by atoms with Gasteiger partial charge in [-0.25, -0.2) is 4.79 Å². The number of hydrogen-bond donors (Lipinski definition) is 0. The minimum atomic E-state index is -0.868. The molecule has 0 aromatic heterocycles. The van der Waals surface area contributed by atoms with Crippen molar-refractivity contribution in [3.05, 3.63) is 52.1 Å². The molecular formula is C13H11NO4. The van der Waals surface area contributed by atoms with Crippen LogP contribution in [0, 0.1) is 17.0 Å². The van der Waals surface area contributed by atoms with Crippen molar-refractivity contribution in [2.45, 2.75) is 6.92 Å². The lowest BCUT2D eigenvalue weighted by Gasteiger charge is -2.05. The van der Waals surface area contributed by atoms with Crippen LogP contribution in [0.1, 0.15) is 5.56 Å². The van der Waals surface area contributed by atoms with Gasteiger partial charge in [0, 0.05) is 4.92 Å². The van der Waals surface area contributed by atoms with Crippen LogP contribution in [-0.4, -0.2) is 17.4 Å². The summed E-state index contributed by atoms with van der Waals surface area (Å²) in [5, 5.41) is 12.2. The third-order valence-corrected chi connectivity index (χ3v) is 2.56. The van der Waals surface area contributed by atoms with E-state index in [1.165, 1.54) is 0 Å². The Bertz CT molecular complexity index is 621. The average Bonchev–Trinajstić information content (AvgIpc) is 2.29. The molecule has 0 bridgehead atoms. The fraction of sp³-hybridized carbons (Fsp3) is 0.154. The molecule has 0 amide bonds. The van der Waals surface area contributed by atoms with Crippen molar-refractivity contribution in [1.29, 1.82) is 0 Å². The third-order valence-electron chi connectivity index (χ3n) is 2.56. The van der Waals surface area contributed by atoms with Crippen molar-refractivity contribution in [2.24, 2.45) is 0 Å². The standard InChI is InChI=1S/C13H11NO4/c1-9-3-2-4-10-5-6-11(7-12(9)10)18-13(15)8-14(16)17/h2-7H,8H2,1H3. The van der Waals surface area contributed by atoms with Gasteiger partial charge in [0.25, 0.3) is 6.54 Å². The zero-order valence-corrected chi connectivity index (χ0v) is 9.75. The molecule has 0 spiro atoms. The molecule has 0 unspecified atom stereocenters. The molecule has 5 heteroatoms. The molecule has 0 aliphatic rings. The molecule has 0 heterocycles. The van der Waals surface area contributed by atoms with Gasteiger partial charge in [-0.05, 0) is 35.4 Å². The zero-order valence-electron chi connectivity index (χ0n) is 9.75. The minimum Gasteiger partial charge on any atom is -0.422 e. The minimum absolute atomic E-state index is 0.323. The fourth-order valence-electron chi connectivity index (χ4n) is 1.74. The number of nitro groups is 1. The number of ether oxygens (including phenoxy) is 1. The Morgan fingerprint density at radius 2 is 2.11 bits per heavy atom. The Morgan fingerprint density at radius 1 is 1.33 bits per heavy atom. The van der Waals surface area contributed by atoms with Gasteiger partial charge >= 0.3 is 5.97 Å². The van der Waals surface area contributed by atoms with Crippen molar-refractivity contribution < 1.29 is 14.5 Å². The van der Waals surface area contributed by atoms with Crippen molar-refractivity contribution in [3.63, 3.8) is 0 Å². The zero-order chi connectivity index (χ0) is 13.1. The van der Waals surface area contributed by atoms with Crippen molar-refractivity contribution in [3.8, 4) is 5.75 Å². The summed E-state index contributed by atoms with van der Waals surface area (Å²) in [6, 6.07) is 11.0. The molecular weight excluding hydrogens is 234 g/mol. The van der Waals surface area contributed by atoms with Gasteiger partial charge in [-0.3, -0.25) is 10.1 Å². The van der Waals surface area contributed by atoms with Gasteiger partial charge in [-0.2, -0.15) is 0 Å². The Morgan fingerprint density at radius 3 is 2.83 bits per heavy atom. The Kier molecular flexibility index (Phi) is 3.23. The van der Waals surface area contributed by atoms with E-state index in [1.807, 2.05) is 31.2 Å². The molecule has 0 saturated carbocycles. The maximum atomic E-state index is 11.2. The van der Waals surface area contributed by atoms with Gasteiger partial charge in [0.2, 0.25) is 0 Å². The second-order valence-corrected chi connectivity index (χ2v) is 3.92. The molecule has 0 fully saturated rings. The van der Waals surface area contributed by atoms with E-state index in [-0.39, 0.29) is 0 Å². The van der Waals surface area contributed by atoms with E-state index in [0.29, 0.717) is 5.75 Å². The van der Waals surface area contributed by atoms with Crippen molar-refractivity contribution >= 4 is 16.7 Å². The smallest absolute Gasteiger partial charge is 0.383 e. The predicted octanol–water partition coefficient (Wildman–Crippen LogP) is 2.33. The summed E-state index contributed by atoms with van der Waals surface area (Å²) < 4.78 is 4.91. The topological polar surface area (TPSA) is 69.4 Å². The number of rotatable bonds is 3. The van der Waals surface area contributed by atoms with E-state index in [4.69, 9.17) is 4.74 Å². The number of esters is 1. The largest absolute Gasteiger partial charge is 0.422 e. The van der Waals surface area contributed by atoms with Crippen LogP contribution in [0.3, 0.4) is 0 Å². The van der Waals surface area contributed by atoms with Crippen LogP contribution in [-0.2, 0) is 4.79 Å². The normalized spacial score (nSPS) is 10.3. The predicted molar refractivity (Wildman–Crippen MR) is 66.2 cm³/mol. The van der Waals surface area contributed by atoms with E-state index in [0.717, 1.165) is 16.3 Å². The maximum absolute atomic E-state index is 11.2. The summed E-state index contributed by atoms with van der Waals surface area (Å²) in [7, 11) is 0. The lowest BCUT2D eigenvalue weighted by Crippen LogP contribution is -2.19. The highest BCUT2D eigenvalue weighted by atomic mass is 16.6. The first-order valence-corrected chi connectivity index (χ1v) is 5.38. The molecule has 2 aromatic rings. The highest BCUT2D eigenvalue weighted by molar-refractivity contribution is 5.87. The molecule has 18 heavy (non-hydrogen) atoms. The second-order valence-electron chi connectivity index (χ2n) is 3.92. The molecule has 5 nitrogen and oxygen atoms in total. The van der Waals surface area contributed by atoms with Crippen molar-refractivity contribution in [1.82, 2.24) is 0 Å². The molecule has 0 aliphatic carbocycles. The Balaban J connectivity index is 2.27. The Hall–Kier alpha value is -2.43. The fourth-order valence-corrected chi connectivity index (χ4v) is 1.74. The van der Waals surface area contributed by atoms with Gasteiger partial charge in [0.15, 0.2) is 0 Å². The molecule has 0 saturated heterocycles. The number of nitrogens with zero attached hydrogens (tertiary/aromatic N) is 1. The Labute approximate surface area is 103 Å². The van der Waals surface area contributed by atoms with E-state index >= 15 is 0 Å². The lowest BCUT2D eigenvalue weighted by atomic mass is 10.1. The SMILES string of the molecule is Cc1cccc2ccc(OC(=O)C[N+](=O)[O-])cc12. The second kappa shape index (κ2) is 4.83. The number of carbonyl (C=O) groups excluding carboxylic acids is 1. The first kappa shape index (κ1) is 12.0. The number of benzene rings is 2. The molecule has 0 atom stereocenters. The number of aryl methyl sites for hydroxylation is 1. The van der Waals surface area contributed by atoms with Crippen LogP contribution >= 0.6 is 0 Å². The van der Waals surface area contributed by atoms with Gasteiger partial charge in [-0.15, -0.1) is 0 Å². The number of hydrogen-bond acceptors (Lipinski definition) is 4. The summed E-state index contributed by atoms with van der Waals surface area (Å²) in [5.41, 5.74) is 1.06. The molecule has 0 radical (unpaired) electrons. The van der Waals surface area contributed by atoms with Crippen LogP contribution in [0.4, 0.5) is 0 Å². The van der Waals surface area contributed by atoms with E-state index in [9.17, 15) is 14.9 Å². The van der Waals surface area contributed by atoms with Gasteiger partial charge in [-0.1, -0.05) is 24.3 Å². The van der Waals surface area contributed by atoms with Crippen LogP contribution in [0.15, 0.2) is 36.4 Å². The van der Waals surface area contributed by atoms with Crippen LogP contribution in [0.2, 0.25) is 0 Å². The van der Waals surface area contributed by atoms with E-state index in [1.54, 1.807) is 12.1 Å². The average molecular weight is 245 g/mol. The summed E-state index contributed by atoms with van der Waals surface area (Å²) >= 11 is 0. The third kappa shape index (κ3) is 2.63. The van der Waals surface area contributed by atoms with Gasteiger partial charge < -0.3 is 4.74 Å². The highest BCUT2D eigenvalue weighted by Crippen LogP contribution is 2.23. The molecule has 2 aromatic carbocycles. The summed E-state index contributed by atoms with van der Waals surface area (Å²) in [5.74, 6) is -0.545. The van der Waals surface area contributed by atoms with Gasteiger partial charge in [0.1, 0.15) is 5.75 Å². The quantitative estimate of drug-likeness (QED) is 0.360. The first-order valence-electron chi connectivity index (χ1n) is 5.38. The molecule has 92 valence electrons. The summed E-state index contributed by atoms with van der Waals surface area (Å²) in [6.45, 7) is 1.12. The lowest BCUT2D eigenvalue weighted by molar-refractivity contribution is -0.469. The first-order chi connectivity index (χ1) is 8.56. The van der Waals surface area contributed by atoms with Crippen LogP contribution < -0.4 is 4.74 Å². The van der Waals surface area contributed by atoms with E-state index < -0.39 is 17.4 Å². The number of fused-ring (bicyclic) bond motifs is 1. The molecule has 2 rings (SSSR count). The monoisotopic (exact) mass is 245 g/mol. The van der Waals surface area contributed by atoms with Gasteiger partial charge in [0.05, 0.1) is 0 Å². The molecule has 0 N–H and O–H groups in total. The highest BCUT2D eigenvalue weighted by Gasteiger charge is 2.12. The maximum Gasteiger partial charge on any atom is 0.383 e. The van der Waals surface area contributed by atoms with E-state index in [2.05, 4.69) is 0 Å². The summed E-state index contributed by atoms with van der Waals surface area (Å²) in [6.07, 6.45) is 0.